The summed E-state index contributed by atoms with van der Waals surface area (Å²) in [4.78, 5) is 44.0. The fourth-order valence-corrected chi connectivity index (χ4v) is 5.30. The van der Waals surface area contributed by atoms with Crippen LogP contribution in [0.4, 0.5) is 4.79 Å². The van der Waals surface area contributed by atoms with E-state index < -0.39 is 12.2 Å². The molecule has 2 atom stereocenters. The third-order valence-corrected chi connectivity index (χ3v) is 7.24. The van der Waals surface area contributed by atoms with E-state index in [1.54, 1.807) is 22.0 Å². The highest BCUT2D eigenvalue weighted by Gasteiger charge is 2.50. The number of piperazine rings is 1. The number of hydrogen-bond donors (Lipinski definition) is 1. The normalized spacial score (nSPS) is 20.2. The Kier molecular flexibility index (Phi) is 9.17. The number of unbranched alkanes of at least 4 members (excludes halogenated alkanes) is 4. The van der Waals surface area contributed by atoms with E-state index in [2.05, 4.69) is 12.2 Å². The molecular weight excluding hydrogens is 466 g/mol. The summed E-state index contributed by atoms with van der Waals surface area (Å²) in [6.45, 7) is 3.57. The number of urea groups is 1. The molecule has 8 heteroatoms. The monoisotopic (exact) mass is 505 g/mol. The minimum atomic E-state index is -0.637. The van der Waals surface area contributed by atoms with Crippen LogP contribution in [-0.2, 0) is 22.6 Å². The SMILES string of the molecule is CCCCCCCN1CC2N(C(=O)CN(C)N2C(=O)NCc2ccccc2)[C@@H](Cc2ccccc2)C1=O. The molecule has 4 amide bonds. The van der Waals surface area contributed by atoms with Crippen molar-refractivity contribution in [3.8, 4) is 0 Å². The smallest absolute Gasteiger partial charge is 0.334 e. The second-order valence-electron chi connectivity index (χ2n) is 9.99. The lowest BCUT2D eigenvalue weighted by atomic mass is 9.98. The number of rotatable bonds is 10. The molecule has 2 heterocycles. The molecule has 0 aliphatic carbocycles. The fourth-order valence-electron chi connectivity index (χ4n) is 5.30. The van der Waals surface area contributed by atoms with Gasteiger partial charge in [0.1, 0.15) is 12.2 Å². The molecule has 0 aromatic heterocycles. The highest BCUT2D eigenvalue weighted by molar-refractivity contribution is 5.91. The van der Waals surface area contributed by atoms with Gasteiger partial charge in [-0.3, -0.25) is 9.59 Å². The lowest BCUT2D eigenvalue weighted by Crippen LogP contribution is -2.76. The Morgan fingerprint density at radius 1 is 0.919 bits per heavy atom. The number of likely N-dealkylation sites (N-methyl/N-ethyl adjacent to an activating group) is 1. The Morgan fingerprint density at radius 3 is 2.24 bits per heavy atom. The second kappa shape index (κ2) is 12.7. The van der Waals surface area contributed by atoms with Crippen LogP contribution in [0.2, 0.25) is 0 Å². The molecule has 0 spiro atoms. The molecule has 4 rings (SSSR count). The summed E-state index contributed by atoms with van der Waals surface area (Å²) in [6, 6.07) is 18.6. The zero-order chi connectivity index (χ0) is 26.2. The van der Waals surface area contributed by atoms with Crippen molar-refractivity contribution >= 4 is 17.8 Å². The number of hydrazine groups is 1. The summed E-state index contributed by atoms with van der Waals surface area (Å²) in [5.74, 6) is -0.158. The van der Waals surface area contributed by atoms with Gasteiger partial charge in [0.25, 0.3) is 0 Å². The molecule has 1 unspecified atom stereocenters. The molecule has 0 saturated carbocycles. The van der Waals surface area contributed by atoms with Gasteiger partial charge in [-0.05, 0) is 17.5 Å². The predicted molar refractivity (Wildman–Crippen MR) is 143 cm³/mol. The zero-order valence-electron chi connectivity index (χ0n) is 22.0. The van der Waals surface area contributed by atoms with Gasteiger partial charge in [0.15, 0.2) is 0 Å². The number of nitrogens with one attached hydrogen (secondary N) is 1. The van der Waals surface area contributed by atoms with E-state index in [4.69, 9.17) is 0 Å². The first kappa shape index (κ1) is 26.7. The largest absolute Gasteiger partial charge is 0.337 e. The summed E-state index contributed by atoms with van der Waals surface area (Å²) in [7, 11) is 1.76. The van der Waals surface area contributed by atoms with Gasteiger partial charge in [-0.2, -0.15) is 0 Å². The number of carbonyl (C=O) groups excluding carboxylic acids is 3. The van der Waals surface area contributed by atoms with Crippen LogP contribution in [0.15, 0.2) is 60.7 Å². The van der Waals surface area contributed by atoms with Crippen LogP contribution >= 0.6 is 0 Å². The minimum Gasteiger partial charge on any atom is -0.337 e. The molecule has 2 aromatic carbocycles. The van der Waals surface area contributed by atoms with E-state index in [-0.39, 0.29) is 24.4 Å². The first-order valence-electron chi connectivity index (χ1n) is 13.5. The maximum atomic E-state index is 13.7. The average molecular weight is 506 g/mol. The third kappa shape index (κ3) is 6.49. The first-order chi connectivity index (χ1) is 18.0. The van der Waals surface area contributed by atoms with Crippen molar-refractivity contribution in [2.75, 3.05) is 26.7 Å². The molecule has 2 aliphatic rings. The third-order valence-electron chi connectivity index (χ3n) is 7.24. The number of fused-ring (bicyclic) bond motifs is 1. The quantitative estimate of drug-likeness (QED) is 0.501. The van der Waals surface area contributed by atoms with Gasteiger partial charge in [-0.1, -0.05) is 93.3 Å². The molecule has 198 valence electrons. The molecule has 1 N–H and O–H groups in total. The molecular formula is C29H39N5O3. The van der Waals surface area contributed by atoms with Crippen LogP contribution in [-0.4, -0.2) is 76.6 Å². The minimum absolute atomic E-state index is 0.0295. The topological polar surface area (TPSA) is 76.2 Å². The zero-order valence-corrected chi connectivity index (χ0v) is 22.0. The molecule has 2 aromatic rings. The molecule has 2 saturated heterocycles. The summed E-state index contributed by atoms with van der Waals surface area (Å²) in [6.07, 6.45) is 5.37. The van der Waals surface area contributed by atoms with E-state index in [1.807, 2.05) is 65.6 Å². The molecule has 0 radical (unpaired) electrons. The van der Waals surface area contributed by atoms with Gasteiger partial charge in [-0.15, -0.1) is 0 Å². The Morgan fingerprint density at radius 2 is 1.57 bits per heavy atom. The van der Waals surface area contributed by atoms with Crippen LogP contribution < -0.4 is 5.32 Å². The molecule has 0 bridgehead atoms. The summed E-state index contributed by atoms with van der Waals surface area (Å²) < 4.78 is 0. The van der Waals surface area contributed by atoms with E-state index in [1.165, 1.54) is 12.8 Å². The van der Waals surface area contributed by atoms with Crippen LogP contribution in [0.3, 0.4) is 0 Å². The maximum Gasteiger partial charge on any atom is 0.334 e. The lowest BCUT2D eigenvalue weighted by Gasteiger charge is -2.54. The number of hydrogen-bond acceptors (Lipinski definition) is 4. The van der Waals surface area contributed by atoms with Crippen molar-refractivity contribution in [1.29, 1.82) is 0 Å². The van der Waals surface area contributed by atoms with E-state index >= 15 is 0 Å². The van der Waals surface area contributed by atoms with E-state index in [0.29, 0.717) is 26.1 Å². The van der Waals surface area contributed by atoms with Crippen LogP contribution in [0.5, 0.6) is 0 Å². The predicted octanol–water partition coefficient (Wildman–Crippen LogP) is 3.64. The molecule has 8 nitrogen and oxygen atoms in total. The fraction of sp³-hybridized carbons (Fsp3) is 0.483. The highest BCUT2D eigenvalue weighted by atomic mass is 16.2. The second-order valence-corrected chi connectivity index (χ2v) is 9.99. The Balaban J connectivity index is 1.56. The van der Waals surface area contributed by atoms with Crippen molar-refractivity contribution in [2.45, 2.75) is 64.2 Å². The number of carbonyl (C=O) groups is 3. The van der Waals surface area contributed by atoms with Gasteiger partial charge < -0.3 is 15.1 Å². The van der Waals surface area contributed by atoms with Gasteiger partial charge >= 0.3 is 6.03 Å². The van der Waals surface area contributed by atoms with Gasteiger partial charge in [0.2, 0.25) is 11.8 Å². The summed E-state index contributed by atoms with van der Waals surface area (Å²) in [5, 5.41) is 6.31. The van der Waals surface area contributed by atoms with E-state index in [9.17, 15) is 14.4 Å². The van der Waals surface area contributed by atoms with Crippen LogP contribution in [0.1, 0.15) is 50.2 Å². The lowest BCUT2D eigenvalue weighted by molar-refractivity contribution is -0.186. The summed E-state index contributed by atoms with van der Waals surface area (Å²) >= 11 is 0. The van der Waals surface area contributed by atoms with Crippen molar-refractivity contribution in [2.24, 2.45) is 0 Å². The number of nitrogens with zero attached hydrogens (tertiary/aromatic N) is 4. The molecule has 2 fully saturated rings. The van der Waals surface area contributed by atoms with Gasteiger partial charge in [0.05, 0.1) is 13.1 Å². The first-order valence-corrected chi connectivity index (χ1v) is 13.5. The maximum absolute atomic E-state index is 13.7. The van der Waals surface area contributed by atoms with Gasteiger partial charge in [-0.25, -0.2) is 14.8 Å². The summed E-state index contributed by atoms with van der Waals surface area (Å²) in [5.41, 5.74) is 1.99. The standard InChI is InChI=1S/C29H39N5O3/c1-3-4-5-6-13-18-32-21-26-33(25(28(32)36)19-23-14-9-7-10-15-23)27(35)22-31(2)34(26)29(37)30-20-24-16-11-8-12-17-24/h7-12,14-17,25-26H,3-6,13,18-22H2,1-2H3,(H,30,37)/t25-,26?/m0/s1. The number of amides is 4. The Hall–Kier alpha value is -3.39. The van der Waals surface area contributed by atoms with Crippen LogP contribution in [0, 0.1) is 0 Å². The van der Waals surface area contributed by atoms with Crippen LogP contribution in [0.25, 0.3) is 0 Å². The van der Waals surface area contributed by atoms with Crippen molar-refractivity contribution in [3.63, 3.8) is 0 Å². The Bertz CT molecular complexity index is 1050. The van der Waals surface area contributed by atoms with Gasteiger partial charge in [0, 0.05) is 26.6 Å². The van der Waals surface area contributed by atoms with Crippen molar-refractivity contribution in [3.05, 3.63) is 71.8 Å². The molecule has 37 heavy (non-hydrogen) atoms. The molecule has 2 aliphatic heterocycles. The Labute approximate surface area is 220 Å². The van der Waals surface area contributed by atoms with Crippen molar-refractivity contribution in [1.82, 2.24) is 25.1 Å². The van der Waals surface area contributed by atoms with Crippen molar-refractivity contribution < 1.29 is 14.4 Å². The van der Waals surface area contributed by atoms with E-state index in [0.717, 1.165) is 30.4 Å². The highest BCUT2D eigenvalue weighted by Crippen LogP contribution is 2.28. The number of benzene rings is 2. The average Bonchev–Trinajstić information content (AvgIpc) is 2.90.